The summed E-state index contributed by atoms with van der Waals surface area (Å²) in [6.45, 7) is 4.15. The standard InChI is InChI=1S/C10H19BrOS/c1-2-13-8-5-10(9-11)3-6-12-7-4-10/h2-9H2,1H3. The lowest BCUT2D eigenvalue weighted by molar-refractivity contribution is 0.0256. The maximum atomic E-state index is 5.41. The van der Waals surface area contributed by atoms with Crippen molar-refractivity contribution in [3.8, 4) is 0 Å². The van der Waals surface area contributed by atoms with Crippen LogP contribution >= 0.6 is 27.7 Å². The van der Waals surface area contributed by atoms with Gasteiger partial charge in [-0.2, -0.15) is 11.8 Å². The Morgan fingerprint density at radius 1 is 1.38 bits per heavy atom. The molecule has 0 amide bonds. The first kappa shape index (κ1) is 11.9. The zero-order valence-corrected chi connectivity index (χ0v) is 10.8. The molecular formula is C10H19BrOS. The van der Waals surface area contributed by atoms with Crippen LogP contribution in [0.2, 0.25) is 0 Å². The molecule has 1 nitrogen and oxygen atoms in total. The van der Waals surface area contributed by atoms with Crippen molar-refractivity contribution in [1.29, 1.82) is 0 Å². The molecule has 1 saturated heterocycles. The Kier molecular flexibility index (Phi) is 5.75. The van der Waals surface area contributed by atoms with Crippen molar-refractivity contribution in [2.45, 2.75) is 26.2 Å². The van der Waals surface area contributed by atoms with Gasteiger partial charge >= 0.3 is 0 Å². The van der Waals surface area contributed by atoms with E-state index in [2.05, 4.69) is 34.6 Å². The molecule has 0 saturated carbocycles. The normalized spacial score (nSPS) is 21.7. The van der Waals surface area contributed by atoms with Crippen LogP contribution < -0.4 is 0 Å². The van der Waals surface area contributed by atoms with Gasteiger partial charge in [0.15, 0.2) is 0 Å². The summed E-state index contributed by atoms with van der Waals surface area (Å²) >= 11 is 5.71. The molecule has 1 aliphatic heterocycles. The predicted molar refractivity (Wildman–Crippen MR) is 63.9 cm³/mol. The third kappa shape index (κ3) is 3.80. The van der Waals surface area contributed by atoms with Crippen LogP contribution in [0.25, 0.3) is 0 Å². The van der Waals surface area contributed by atoms with E-state index in [9.17, 15) is 0 Å². The van der Waals surface area contributed by atoms with Crippen LogP contribution in [-0.2, 0) is 4.74 Å². The molecule has 0 atom stereocenters. The van der Waals surface area contributed by atoms with Crippen molar-refractivity contribution < 1.29 is 4.74 Å². The van der Waals surface area contributed by atoms with Gasteiger partial charge in [-0.25, -0.2) is 0 Å². The highest BCUT2D eigenvalue weighted by atomic mass is 79.9. The van der Waals surface area contributed by atoms with Crippen molar-refractivity contribution in [3.05, 3.63) is 0 Å². The fraction of sp³-hybridized carbons (Fsp3) is 1.00. The Morgan fingerprint density at radius 3 is 2.62 bits per heavy atom. The molecule has 0 aromatic heterocycles. The SMILES string of the molecule is CCSCCC1(CBr)CCOCC1. The number of hydrogen-bond donors (Lipinski definition) is 0. The molecule has 0 aliphatic carbocycles. The van der Waals surface area contributed by atoms with Crippen molar-refractivity contribution in [1.82, 2.24) is 0 Å². The lowest BCUT2D eigenvalue weighted by Gasteiger charge is -2.35. The van der Waals surface area contributed by atoms with E-state index < -0.39 is 0 Å². The second-order valence-electron chi connectivity index (χ2n) is 3.69. The highest BCUT2D eigenvalue weighted by Gasteiger charge is 2.30. The molecule has 0 unspecified atom stereocenters. The summed E-state index contributed by atoms with van der Waals surface area (Å²) in [7, 11) is 0. The van der Waals surface area contributed by atoms with Gasteiger partial charge in [0, 0.05) is 18.5 Å². The summed E-state index contributed by atoms with van der Waals surface area (Å²) in [4.78, 5) is 0. The Hall–Kier alpha value is 0.790. The largest absolute Gasteiger partial charge is 0.381 e. The van der Waals surface area contributed by atoms with Crippen LogP contribution in [0.1, 0.15) is 26.2 Å². The zero-order chi connectivity index (χ0) is 9.57. The number of rotatable bonds is 5. The first-order chi connectivity index (χ1) is 6.33. The van der Waals surface area contributed by atoms with E-state index in [1.54, 1.807) is 0 Å². The van der Waals surface area contributed by atoms with Crippen molar-refractivity contribution in [3.63, 3.8) is 0 Å². The Bertz CT molecular complexity index is 135. The molecule has 1 aliphatic rings. The molecule has 13 heavy (non-hydrogen) atoms. The van der Waals surface area contributed by atoms with Crippen LogP contribution in [0.4, 0.5) is 0 Å². The fourth-order valence-corrected chi connectivity index (χ4v) is 3.39. The van der Waals surface area contributed by atoms with Gasteiger partial charge in [-0.1, -0.05) is 22.9 Å². The van der Waals surface area contributed by atoms with Gasteiger partial charge in [-0.05, 0) is 36.2 Å². The maximum absolute atomic E-state index is 5.41. The van der Waals surface area contributed by atoms with Gasteiger partial charge < -0.3 is 4.74 Å². The van der Waals surface area contributed by atoms with Crippen molar-refractivity contribution in [2.75, 3.05) is 30.0 Å². The molecule has 0 aromatic rings. The molecule has 0 bridgehead atoms. The van der Waals surface area contributed by atoms with Crippen LogP contribution in [0, 0.1) is 5.41 Å². The number of hydrogen-bond acceptors (Lipinski definition) is 2. The van der Waals surface area contributed by atoms with Gasteiger partial charge in [0.25, 0.3) is 0 Å². The lowest BCUT2D eigenvalue weighted by Crippen LogP contribution is -2.31. The van der Waals surface area contributed by atoms with E-state index in [-0.39, 0.29) is 0 Å². The first-order valence-corrected chi connectivity index (χ1v) is 7.32. The second kappa shape index (κ2) is 6.31. The highest BCUT2D eigenvalue weighted by molar-refractivity contribution is 9.09. The molecule has 0 N–H and O–H groups in total. The second-order valence-corrected chi connectivity index (χ2v) is 5.65. The average molecular weight is 267 g/mol. The van der Waals surface area contributed by atoms with Crippen LogP contribution in [-0.4, -0.2) is 30.0 Å². The third-order valence-corrected chi connectivity index (χ3v) is 4.91. The van der Waals surface area contributed by atoms with Gasteiger partial charge in [0.2, 0.25) is 0 Å². The number of halogens is 1. The minimum absolute atomic E-state index is 0.542. The van der Waals surface area contributed by atoms with E-state index in [1.807, 2.05) is 0 Å². The number of ether oxygens (including phenoxy) is 1. The summed E-state index contributed by atoms with van der Waals surface area (Å²) in [6.07, 6.45) is 3.82. The molecule has 1 heterocycles. The molecule has 0 aromatic carbocycles. The minimum atomic E-state index is 0.542. The van der Waals surface area contributed by atoms with Crippen LogP contribution in [0.5, 0.6) is 0 Å². The molecule has 1 rings (SSSR count). The predicted octanol–water partition coefficient (Wildman–Crippen LogP) is 3.32. The third-order valence-electron chi connectivity index (χ3n) is 2.82. The molecule has 78 valence electrons. The quantitative estimate of drug-likeness (QED) is 0.558. The molecule has 3 heteroatoms. The highest BCUT2D eigenvalue weighted by Crippen LogP contribution is 2.36. The minimum Gasteiger partial charge on any atom is -0.381 e. The van der Waals surface area contributed by atoms with E-state index in [1.165, 1.54) is 30.8 Å². The van der Waals surface area contributed by atoms with Crippen molar-refractivity contribution >= 4 is 27.7 Å². The fourth-order valence-electron chi connectivity index (χ4n) is 1.69. The van der Waals surface area contributed by atoms with E-state index in [0.29, 0.717) is 5.41 Å². The molecule has 1 fully saturated rings. The molecule has 0 spiro atoms. The summed E-state index contributed by atoms with van der Waals surface area (Å²) < 4.78 is 5.41. The molecular weight excluding hydrogens is 248 g/mol. The van der Waals surface area contributed by atoms with Gasteiger partial charge in [-0.3, -0.25) is 0 Å². The van der Waals surface area contributed by atoms with Crippen LogP contribution in [0.15, 0.2) is 0 Å². The monoisotopic (exact) mass is 266 g/mol. The van der Waals surface area contributed by atoms with E-state index in [0.717, 1.165) is 18.5 Å². The smallest absolute Gasteiger partial charge is 0.0471 e. The lowest BCUT2D eigenvalue weighted by atomic mass is 9.80. The Labute approximate surface area is 94.1 Å². The van der Waals surface area contributed by atoms with Crippen LogP contribution in [0.3, 0.4) is 0 Å². The summed E-state index contributed by atoms with van der Waals surface area (Å²) in [5.41, 5.74) is 0.542. The van der Waals surface area contributed by atoms with Gasteiger partial charge in [0.1, 0.15) is 0 Å². The summed E-state index contributed by atoms with van der Waals surface area (Å²) in [5, 5.41) is 1.15. The van der Waals surface area contributed by atoms with Crippen molar-refractivity contribution in [2.24, 2.45) is 5.41 Å². The topological polar surface area (TPSA) is 9.23 Å². The first-order valence-electron chi connectivity index (χ1n) is 5.04. The Balaban J connectivity index is 2.29. The van der Waals surface area contributed by atoms with E-state index >= 15 is 0 Å². The number of alkyl halides is 1. The van der Waals surface area contributed by atoms with Gasteiger partial charge in [0.05, 0.1) is 0 Å². The zero-order valence-electron chi connectivity index (χ0n) is 8.35. The molecule has 0 radical (unpaired) electrons. The van der Waals surface area contributed by atoms with Gasteiger partial charge in [-0.15, -0.1) is 0 Å². The average Bonchev–Trinajstić information content (AvgIpc) is 2.20. The maximum Gasteiger partial charge on any atom is 0.0471 e. The summed E-state index contributed by atoms with van der Waals surface area (Å²) in [5.74, 6) is 2.55. The van der Waals surface area contributed by atoms with E-state index in [4.69, 9.17) is 4.74 Å². The summed E-state index contributed by atoms with van der Waals surface area (Å²) in [6, 6.07) is 0. The Morgan fingerprint density at radius 2 is 2.08 bits per heavy atom. The number of thioether (sulfide) groups is 1.